The number of hydrogen-bond donors (Lipinski definition) is 0. The molecule has 6 heteroatoms. The lowest BCUT2D eigenvalue weighted by atomic mass is 9.59. The molecule has 0 aromatic heterocycles. The van der Waals surface area contributed by atoms with Crippen LogP contribution in [0.15, 0.2) is 30.4 Å². The van der Waals surface area contributed by atoms with Crippen LogP contribution in [0.4, 0.5) is 9.18 Å². The number of imide groups is 1. The van der Waals surface area contributed by atoms with Gasteiger partial charge in [-0.05, 0) is 11.6 Å². The van der Waals surface area contributed by atoms with Gasteiger partial charge >= 0.3 is 6.03 Å². The van der Waals surface area contributed by atoms with Gasteiger partial charge in [-0.1, -0.05) is 24.3 Å². The highest BCUT2D eigenvalue weighted by Gasteiger charge is 2.66. The van der Waals surface area contributed by atoms with Gasteiger partial charge in [0.15, 0.2) is 0 Å². The standard InChI is InChI=1S/C17H17FN2O3/c1-19-14-10-7-8-11(9-5-4-6-12(23-3)13(9)10)17(14,18)15(21)20(2)16(19)22/h4-8,10-11,14H,1-3H3. The summed E-state index contributed by atoms with van der Waals surface area (Å²) in [5, 5.41) is 0. The number of ether oxygens (including phenoxy) is 1. The molecule has 120 valence electrons. The monoisotopic (exact) mass is 316 g/mol. The third-order valence-electron chi connectivity index (χ3n) is 5.36. The molecule has 0 spiro atoms. The molecule has 1 aliphatic heterocycles. The van der Waals surface area contributed by atoms with Crippen molar-refractivity contribution in [3.8, 4) is 5.75 Å². The van der Waals surface area contributed by atoms with Crippen LogP contribution in [0, 0.1) is 0 Å². The van der Waals surface area contributed by atoms with Gasteiger partial charge in [0.2, 0.25) is 5.67 Å². The topological polar surface area (TPSA) is 49.9 Å². The predicted molar refractivity (Wildman–Crippen MR) is 81.2 cm³/mol. The minimum atomic E-state index is -2.14. The highest BCUT2D eigenvalue weighted by Crippen LogP contribution is 2.57. The summed E-state index contributed by atoms with van der Waals surface area (Å²) < 4.78 is 21.5. The van der Waals surface area contributed by atoms with Gasteiger partial charge in [-0.3, -0.25) is 9.69 Å². The molecule has 5 rings (SSSR count). The largest absolute Gasteiger partial charge is 0.496 e. The first kappa shape index (κ1) is 14.2. The first-order valence-electron chi connectivity index (χ1n) is 7.52. The maximum absolute atomic E-state index is 16.0. The van der Waals surface area contributed by atoms with Crippen LogP contribution in [0.25, 0.3) is 0 Å². The number of likely N-dealkylation sites (N-methyl/N-ethyl adjacent to an activating group) is 1. The third kappa shape index (κ3) is 1.46. The van der Waals surface area contributed by atoms with E-state index in [4.69, 9.17) is 4.74 Å². The number of allylic oxidation sites excluding steroid dienone is 1. The maximum Gasteiger partial charge on any atom is 0.326 e. The van der Waals surface area contributed by atoms with Crippen molar-refractivity contribution in [2.75, 3.05) is 21.2 Å². The van der Waals surface area contributed by atoms with Crippen molar-refractivity contribution in [3.05, 3.63) is 41.5 Å². The van der Waals surface area contributed by atoms with Crippen LogP contribution >= 0.6 is 0 Å². The minimum absolute atomic E-state index is 0.400. The molecular weight excluding hydrogens is 299 g/mol. The lowest BCUT2D eigenvalue weighted by molar-refractivity contribution is -0.153. The average Bonchev–Trinajstić information content (AvgIpc) is 2.57. The van der Waals surface area contributed by atoms with Gasteiger partial charge in [0, 0.05) is 31.5 Å². The number of nitrogens with zero attached hydrogens (tertiary/aromatic N) is 2. The first-order valence-corrected chi connectivity index (χ1v) is 7.52. The summed E-state index contributed by atoms with van der Waals surface area (Å²) in [7, 11) is 4.45. The quantitative estimate of drug-likeness (QED) is 0.745. The summed E-state index contributed by atoms with van der Waals surface area (Å²) >= 11 is 0. The number of carbonyl (C=O) groups excluding carboxylic acids is 2. The summed E-state index contributed by atoms with van der Waals surface area (Å²) in [6.07, 6.45) is 3.64. The molecule has 4 unspecified atom stereocenters. The second kappa shape index (κ2) is 4.34. The molecule has 1 saturated heterocycles. The lowest BCUT2D eigenvalue weighted by Gasteiger charge is -2.55. The second-order valence-electron chi connectivity index (χ2n) is 6.32. The van der Waals surface area contributed by atoms with E-state index in [1.54, 1.807) is 26.3 Å². The molecule has 4 aliphatic rings. The Hall–Kier alpha value is -2.37. The van der Waals surface area contributed by atoms with Gasteiger partial charge in [-0.15, -0.1) is 0 Å². The summed E-state index contributed by atoms with van der Waals surface area (Å²) in [6.45, 7) is 0. The zero-order valence-corrected chi connectivity index (χ0v) is 13.1. The Morgan fingerprint density at radius 1 is 1.22 bits per heavy atom. The van der Waals surface area contributed by atoms with Crippen molar-refractivity contribution in [2.24, 2.45) is 0 Å². The molecule has 4 atom stereocenters. The number of halogens is 1. The van der Waals surface area contributed by atoms with E-state index in [-0.39, 0.29) is 0 Å². The molecule has 2 bridgehead atoms. The normalized spacial score (nSPS) is 34.5. The van der Waals surface area contributed by atoms with Crippen LogP contribution < -0.4 is 4.74 Å². The number of urea groups is 1. The molecule has 1 aromatic rings. The van der Waals surface area contributed by atoms with E-state index in [1.165, 1.54) is 11.9 Å². The molecule has 1 fully saturated rings. The molecule has 3 amide bonds. The van der Waals surface area contributed by atoms with E-state index in [0.717, 1.165) is 16.0 Å². The van der Waals surface area contributed by atoms with Gasteiger partial charge in [-0.2, -0.15) is 0 Å². The van der Waals surface area contributed by atoms with Gasteiger partial charge in [0.25, 0.3) is 5.91 Å². The zero-order chi connectivity index (χ0) is 16.5. The summed E-state index contributed by atoms with van der Waals surface area (Å²) in [5.74, 6) is -1.22. The molecule has 1 heterocycles. The fourth-order valence-corrected chi connectivity index (χ4v) is 4.35. The summed E-state index contributed by atoms with van der Waals surface area (Å²) in [6, 6.07) is 4.13. The van der Waals surface area contributed by atoms with Crippen molar-refractivity contribution in [2.45, 2.75) is 23.5 Å². The van der Waals surface area contributed by atoms with Crippen LogP contribution in [0.1, 0.15) is 23.0 Å². The highest BCUT2D eigenvalue weighted by atomic mass is 19.1. The summed E-state index contributed by atoms with van der Waals surface area (Å²) in [5.41, 5.74) is -0.506. The van der Waals surface area contributed by atoms with Crippen molar-refractivity contribution >= 4 is 11.9 Å². The number of amides is 3. The van der Waals surface area contributed by atoms with E-state index in [2.05, 4.69) is 0 Å². The molecule has 3 aliphatic carbocycles. The van der Waals surface area contributed by atoms with Crippen molar-refractivity contribution in [3.63, 3.8) is 0 Å². The van der Waals surface area contributed by atoms with Gasteiger partial charge in [-0.25, -0.2) is 9.18 Å². The maximum atomic E-state index is 16.0. The van der Waals surface area contributed by atoms with Crippen molar-refractivity contribution < 1.29 is 18.7 Å². The van der Waals surface area contributed by atoms with Crippen LogP contribution in [0.3, 0.4) is 0 Å². The Balaban J connectivity index is 1.99. The number of methoxy groups -OCH3 is 1. The molecular formula is C17H17FN2O3. The molecule has 1 aromatic carbocycles. The predicted octanol–water partition coefficient (Wildman–Crippen LogP) is 2.05. The van der Waals surface area contributed by atoms with Gasteiger partial charge < -0.3 is 9.64 Å². The Bertz CT molecular complexity index is 762. The lowest BCUT2D eigenvalue weighted by Crippen LogP contribution is -2.72. The highest BCUT2D eigenvalue weighted by molar-refractivity contribution is 6.03. The fraction of sp³-hybridized carbons (Fsp3) is 0.412. The molecule has 0 saturated carbocycles. The van der Waals surface area contributed by atoms with E-state index >= 15 is 4.39 Å². The van der Waals surface area contributed by atoms with E-state index in [0.29, 0.717) is 5.75 Å². The Morgan fingerprint density at radius 3 is 2.65 bits per heavy atom. The van der Waals surface area contributed by atoms with Crippen LogP contribution in [0.2, 0.25) is 0 Å². The van der Waals surface area contributed by atoms with E-state index in [1.807, 2.05) is 18.2 Å². The van der Waals surface area contributed by atoms with Crippen LogP contribution in [0.5, 0.6) is 5.75 Å². The van der Waals surface area contributed by atoms with E-state index in [9.17, 15) is 9.59 Å². The van der Waals surface area contributed by atoms with Gasteiger partial charge in [0.1, 0.15) is 5.75 Å². The number of benzene rings is 1. The Morgan fingerprint density at radius 2 is 1.96 bits per heavy atom. The van der Waals surface area contributed by atoms with E-state index < -0.39 is 35.5 Å². The van der Waals surface area contributed by atoms with Gasteiger partial charge in [0.05, 0.1) is 13.2 Å². The number of rotatable bonds is 1. The molecule has 23 heavy (non-hydrogen) atoms. The number of alkyl halides is 1. The van der Waals surface area contributed by atoms with Crippen LogP contribution in [-0.4, -0.2) is 54.7 Å². The molecule has 5 nitrogen and oxygen atoms in total. The third-order valence-corrected chi connectivity index (χ3v) is 5.36. The Kier molecular flexibility index (Phi) is 2.69. The zero-order valence-electron chi connectivity index (χ0n) is 13.1. The Labute approximate surface area is 133 Å². The fourth-order valence-electron chi connectivity index (χ4n) is 4.35. The molecule has 0 N–H and O–H groups in total. The second-order valence-corrected chi connectivity index (χ2v) is 6.32. The SMILES string of the molecule is COc1cccc2c1C1C=CC2C2(F)C(=O)N(C)C(=O)N(C)C12. The summed E-state index contributed by atoms with van der Waals surface area (Å²) in [4.78, 5) is 27.1. The number of hydrogen-bond acceptors (Lipinski definition) is 3. The minimum Gasteiger partial charge on any atom is -0.496 e. The van der Waals surface area contributed by atoms with Crippen molar-refractivity contribution in [1.29, 1.82) is 0 Å². The number of carbonyl (C=O) groups is 2. The van der Waals surface area contributed by atoms with Crippen molar-refractivity contribution in [1.82, 2.24) is 9.80 Å². The smallest absolute Gasteiger partial charge is 0.326 e. The average molecular weight is 316 g/mol. The molecule has 0 radical (unpaired) electrons. The van der Waals surface area contributed by atoms with Crippen LogP contribution in [-0.2, 0) is 4.79 Å². The first-order chi connectivity index (χ1) is 10.9.